The molecule has 19 heavy (non-hydrogen) atoms. The molecule has 0 unspecified atom stereocenters. The van der Waals surface area contributed by atoms with Gasteiger partial charge in [-0.15, -0.1) is 11.3 Å². The summed E-state index contributed by atoms with van der Waals surface area (Å²) in [5, 5.41) is 9.97. The largest absolute Gasteiger partial charge is 0.481 e. The first-order valence-electron chi connectivity index (χ1n) is 7.06. The van der Waals surface area contributed by atoms with Crippen LogP contribution < -0.4 is 0 Å². The second-order valence-electron chi connectivity index (χ2n) is 5.05. The fourth-order valence-electron chi connectivity index (χ4n) is 2.20. The van der Waals surface area contributed by atoms with Crippen molar-refractivity contribution in [1.29, 1.82) is 0 Å². The van der Waals surface area contributed by atoms with Crippen LogP contribution in [0.15, 0.2) is 0 Å². The molecule has 1 fully saturated rings. The van der Waals surface area contributed by atoms with E-state index in [1.54, 1.807) is 11.3 Å². The van der Waals surface area contributed by atoms with Gasteiger partial charge in [0.05, 0.1) is 18.7 Å². The summed E-state index contributed by atoms with van der Waals surface area (Å²) >= 11 is 1.71. The van der Waals surface area contributed by atoms with Crippen LogP contribution in [0, 0.1) is 0 Å². The van der Waals surface area contributed by atoms with E-state index >= 15 is 0 Å². The standard InChI is InChI=1S/C14H22N2O2S/c1-3-16(4-2)9-12-15-14(10-5-6-10)11(19-12)7-8-13(17)18/h10H,3-9H2,1-2H3,(H,17,18). The number of hydrogen-bond acceptors (Lipinski definition) is 4. The van der Waals surface area contributed by atoms with Gasteiger partial charge in [0.25, 0.3) is 0 Å². The van der Waals surface area contributed by atoms with Crippen LogP contribution in [0.25, 0.3) is 0 Å². The van der Waals surface area contributed by atoms with E-state index in [1.165, 1.54) is 23.4 Å². The molecule has 0 amide bonds. The third-order valence-electron chi connectivity index (χ3n) is 3.56. The summed E-state index contributed by atoms with van der Waals surface area (Å²) < 4.78 is 0. The molecule has 1 N–H and O–H groups in total. The second-order valence-corrected chi connectivity index (χ2v) is 6.21. The Kier molecular flexibility index (Phi) is 4.93. The summed E-state index contributed by atoms with van der Waals surface area (Å²) in [6.07, 6.45) is 3.28. The van der Waals surface area contributed by atoms with E-state index in [4.69, 9.17) is 10.1 Å². The molecule has 1 aliphatic rings. The smallest absolute Gasteiger partial charge is 0.303 e. The number of carboxylic acids is 1. The minimum absolute atomic E-state index is 0.215. The van der Waals surface area contributed by atoms with Gasteiger partial charge in [-0.3, -0.25) is 9.69 Å². The third kappa shape index (κ3) is 4.01. The van der Waals surface area contributed by atoms with Gasteiger partial charge < -0.3 is 5.11 Å². The van der Waals surface area contributed by atoms with E-state index in [-0.39, 0.29) is 6.42 Å². The molecule has 5 heteroatoms. The molecule has 0 saturated heterocycles. The van der Waals surface area contributed by atoms with Gasteiger partial charge in [-0.05, 0) is 32.4 Å². The Bertz CT molecular complexity index is 437. The lowest BCUT2D eigenvalue weighted by Gasteiger charge is -2.15. The highest BCUT2D eigenvalue weighted by Crippen LogP contribution is 2.43. The Morgan fingerprint density at radius 1 is 1.42 bits per heavy atom. The number of aryl methyl sites for hydroxylation is 1. The van der Waals surface area contributed by atoms with Crippen molar-refractivity contribution >= 4 is 17.3 Å². The van der Waals surface area contributed by atoms with Gasteiger partial charge in [0, 0.05) is 10.8 Å². The monoisotopic (exact) mass is 282 g/mol. The van der Waals surface area contributed by atoms with Gasteiger partial charge in [0.15, 0.2) is 0 Å². The Labute approximate surface area is 118 Å². The van der Waals surface area contributed by atoms with Crippen molar-refractivity contribution in [2.24, 2.45) is 0 Å². The fourth-order valence-corrected chi connectivity index (χ4v) is 3.39. The Balaban J connectivity index is 2.08. The van der Waals surface area contributed by atoms with E-state index in [2.05, 4.69) is 18.7 Å². The molecule has 4 nitrogen and oxygen atoms in total. The lowest BCUT2D eigenvalue weighted by molar-refractivity contribution is -0.136. The number of carbonyl (C=O) groups is 1. The van der Waals surface area contributed by atoms with E-state index in [9.17, 15) is 4.79 Å². The van der Waals surface area contributed by atoms with Crippen molar-refractivity contribution in [3.8, 4) is 0 Å². The third-order valence-corrected chi connectivity index (χ3v) is 4.67. The number of hydrogen-bond donors (Lipinski definition) is 1. The Morgan fingerprint density at radius 2 is 2.11 bits per heavy atom. The lowest BCUT2D eigenvalue weighted by atomic mass is 10.2. The van der Waals surface area contributed by atoms with E-state index in [1.807, 2.05) is 0 Å². The molecule has 106 valence electrons. The minimum Gasteiger partial charge on any atom is -0.481 e. The van der Waals surface area contributed by atoms with Crippen molar-refractivity contribution in [3.05, 3.63) is 15.6 Å². The van der Waals surface area contributed by atoms with Gasteiger partial charge in [-0.2, -0.15) is 0 Å². The topological polar surface area (TPSA) is 53.4 Å². The molecule has 0 radical (unpaired) electrons. The molecule has 2 rings (SSSR count). The van der Waals surface area contributed by atoms with E-state index < -0.39 is 5.97 Å². The van der Waals surface area contributed by atoms with Crippen LogP contribution in [0.3, 0.4) is 0 Å². The molecular formula is C14H22N2O2S. The van der Waals surface area contributed by atoms with Crippen LogP contribution >= 0.6 is 11.3 Å². The first kappa shape index (κ1) is 14.5. The molecule has 0 spiro atoms. The number of aromatic nitrogens is 1. The van der Waals surface area contributed by atoms with Gasteiger partial charge >= 0.3 is 5.97 Å². The predicted molar refractivity (Wildman–Crippen MR) is 76.7 cm³/mol. The molecule has 1 aliphatic carbocycles. The van der Waals surface area contributed by atoms with Crippen molar-refractivity contribution < 1.29 is 9.90 Å². The van der Waals surface area contributed by atoms with Crippen LogP contribution in [0.4, 0.5) is 0 Å². The van der Waals surface area contributed by atoms with Crippen molar-refractivity contribution in [2.75, 3.05) is 13.1 Å². The van der Waals surface area contributed by atoms with Gasteiger partial charge in [0.2, 0.25) is 0 Å². The minimum atomic E-state index is -0.722. The van der Waals surface area contributed by atoms with Crippen molar-refractivity contribution in [1.82, 2.24) is 9.88 Å². The average molecular weight is 282 g/mol. The number of carboxylic acid groups (broad SMARTS) is 1. The molecule has 0 bridgehead atoms. The van der Waals surface area contributed by atoms with E-state index in [0.717, 1.165) is 24.6 Å². The maximum absolute atomic E-state index is 10.7. The van der Waals surface area contributed by atoms with Gasteiger partial charge in [-0.1, -0.05) is 13.8 Å². The van der Waals surface area contributed by atoms with Gasteiger partial charge in [0.1, 0.15) is 5.01 Å². The first-order valence-corrected chi connectivity index (χ1v) is 7.88. The number of nitrogens with zero attached hydrogens (tertiary/aromatic N) is 2. The molecule has 0 aliphatic heterocycles. The molecule has 1 aromatic heterocycles. The molecule has 0 aromatic carbocycles. The molecular weight excluding hydrogens is 260 g/mol. The van der Waals surface area contributed by atoms with Crippen LogP contribution in [0.1, 0.15) is 54.6 Å². The Hall–Kier alpha value is -0.940. The SMILES string of the molecule is CCN(CC)Cc1nc(C2CC2)c(CCC(=O)O)s1. The second kappa shape index (κ2) is 6.48. The summed E-state index contributed by atoms with van der Waals surface area (Å²) in [6, 6.07) is 0. The summed E-state index contributed by atoms with van der Waals surface area (Å²) in [5.74, 6) is -0.120. The van der Waals surface area contributed by atoms with Crippen molar-refractivity contribution in [3.63, 3.8) is 0 Å². The zero-order valence-corrected chi connectivity index (χ0v) is 12.5. The molecule has 1 saturated carbocycles. The summed E-state index contributed by atoms with van der Waals surface area (Å²) in [6.45, 7) is 7.26. The van der Waals surface area contributed by atoms with E-state index in [0.29, 0.717) is 12.3 Å². The normalized spacial score (nSPS) is 15.1. The van der Waals surface area contributed by atoms with Crippen LogP contribution in [0.5, 0.6) is 0 Å². The number of aliphatic carboxylic acids is 1. The maximum atomic E-state index is 10.7. The first-order chi connectivity index (χ1) is 9.13. The average Bonchev–Trinajstić information content (AvgIpc) is 3.15. The summed E-state index contributed by atoms with van der Waals surface area (Å²) in [7, 11) is 0. The quantitative estimate of drug-likeness (QED) is 0.796. The molecule has 1 heterocycles. The van der Waals surface area contributed by atoms with Gasteiger partial charge in [-0.25, -0.2) is 4.98 Å². The lowest BCUT2D eigenvalue weighted by Crippen LogP contribution is -2.21. The van der Waals surface area contributed by atoms with Crippen LogP contribution in [0.2, 0.25) is 0 Å². The molecule has 0 atom stereocenters. The van der Waals surface area contributed by atoms with Crippen molar-refractivity contribution in [2.45, 2.75) is 52.0 Å². The fraction of sp³-hybridized carbons (Fsp3) is 0.714. The van der Waals surface area contributed by atoms with Crippen LogP contribution in [-0.2, 0) is 17.8 Å². The predicted octanol–water partition coefficient (Wildman–Crippen LogP) is 2.88. The highest BCUT2D eigenvalue weighted by Gasteiger charge is 2.29. The molecule has 1 aromatic rings. The maximum Gasteiger partial charge on any atom is 0.303 e. The summed E-state index contributed by atoms with van der Waals surface area (Å²) in [4.78, 5) is 19.0. The summed E-state index contributed by atoms with van der Waals surface area (Å²) in [5.41, 5.74) is 1.19. The highest BCUT2D eigenvalue weighted by atomic mass is 32.1. The highest BCUT2D eigenvalue weighted by molar-refractivity contribution is 7.11. The number of thiazole rings is 1. The number of rotatable bonds is 8. The zero-order valence-electron chi connectivity index (χ0n) is 11.7. The van der Waals surface area contributed by atoms with Crippen LogP contribution in [-0.4, -0.2) is 34.0 Å². The Morgan fingerprint density at radius 3 is 2.63 bits per heavy atom. The zero-order chi connectivity index (χ0) is 13.8.